The van der Waals surface area contributed by atoms with E-state index in [1.807, 2.05) is 59.2 Å². The summed E-state index contributed by atoms with van der Waals surface area (Å²) in [7, 11) is 0. The van der Waals surface area contributed by atoms with Gasteiger partial charge in [-0.15, -0.1) is 0 Å². The first-order valence-corrected chi connectivity index (χ1v) is 10.3. The highest BCUT2D eigenvalue weighted by atomic mass is 16.2. The molecule has 0 atom stereocenters. The first-order valence-electron chi connectivity index (χ1n) is 10.3. The number of nitrogens with one attached hydrogen (secondary N) is 1. The molecule has 7 heteroatoms. The van der Waals surface area contributed by atoms with Gasteiger partial charge in [-0.1, -0.05) is 49.4 Å². The molecule has 0 saturated heterocycles. The first-order chi connectivity index (χ1) is 14.7. The lowest BCUT2D eigenvalue weighted by Gasteiger charge is -2.12. The summed E-state index contributed by atoms with van der Waals surface area (Å²) in [5, 5.41) is 8.79. The van der Waals surface area contributed by atoms with Gasteiger partial charge in [0.1, 0.15) is 0 Å². The highest BCUT2D eigenvalue weighted by Gasteiger charge is 2.22. The molecule has 154 valence electrons. The topological polar surface area (TPSA) is 79.6 Å². The molecule has 0 bridgehead atoms. The van der Waals surface area contributed by atoms with Crippen molar-refractivity contribution in [3.63, 3.8) is 0 Å². The summed E-state index contributed by atoms with van der Waals surface area (Å²) in [6.45, 7) is 3.40. The van der Waals surface area contributed by atoms with Gasteiger partial charge < -0.3 is 4.57 Å². The number of aromatic nitrogens is 2. The molecule has 2 aromatic carbocycles. The Bertz CT molecular complexity index is 1090. The van der Waals surface area contributed by atoms with Crippen molar-refractivity contribution >= 4 is 34.5 Å². The molecule has 0 radical (unpaired) electrons. The number of anilines is 1. The van der Waals surface area contributed by atoms with E-state index in [-0.39, 0.29) is 24.7 Å². The molecule has 7 nitrogen and oxygen atoms in total. The van der Waals surface area contributed by atoms with Crippen molar-refractivity contribution in [2.24, 2.45) is 5.10 Å². The van der Waals surface area contributed by atoms with E-state index >= 15 is 0 Å². The van der Waals surface area contributed by atoms with Gasteiger partial charge in [0, 0.05) is 25.8 Å². The fraction of sp³-hybridized carbons (Fsp3) is 0.304. The largest absolute Gasteiger partial charge is 0.310 e. The molecule has 0 unspecified atom stereocenters. The van der Waals surface area contributed by atoms with Crippen LogP contribution in [0.15, 0.2) is 59.7 Å². The zero-order valence-electron chi connectivity index (χ0n) is 17.0. The average molecular weight is 403 g/mol. The van der Waals surface area contributed by atoms with Crippen molar-refractivity contribution in [1.29, 1.82) is 0 Å². The van der Waals surface area contributed by atoms with Crippen LogP contribution in [-0.4, -0.2) is 38.6 Å². The molecule has 30 heavy (non-hydrogen) atoms. The zero-order chi connectivity index (χ0) is 20.9. The molecule has 1 aliphatic rings. The fourth-order valence-electron chi connectivity index (χ4n) is 3.63. The Balaban J connectivity index is 1.36. The molecular weight excluding hydrogens is 378 g/mol. The minimum atomic E-state index is -0.220. The molecule has 2 amide bonds. The molecule has 0 spiro atoms. The Morgan fingerprint density at radius 3 is 2.60 bits per heavy atom. The molecule has 0 aliphatic carbocycles. The predicted molar refractivity (Wildman–Crippen MR) is 117 cm³/mol. The maximum absolute atomic E-state index is 12.5. The number of hydrazone groups is 1. The summed E-state index contributed by atoms with van der Waals surface area (Å²) in [6.07, 6.45) is 1.87. The van der Waals surface area contributed by atoms with Gasteiger partial charge in [0.2, 0.25) is 17.8 Å². The van der Waals surface area contributed by atoms with Gasteiger partial charge in [-0.3, -0.25) is 14.9 Å². The van der Waals surface area contributed by atoms with E-state index in [9.17, 15) is 9.59 Å². The monoisotopic (exact) mass is 403 g/mol. The van der Waals surface area contributed by atoms with E-state index in [0.29, 0.717) is 12.5 Å². The van der Waals surface area contributed by atoms with Gasteiger partial charge in [0.25, 0.3) is 0 Å². The number of nitrogens with zero attached hydrogens (tertiary/aromatic N) is 4. The lowest BCUT2D eigenvalue weighted by Crippen LogP contribution is -2.25. The number of amides is 2. The van der Waals surface area contributed by atoms with Crippen LogP contribution in [-0.2, 0) is 16.1 Å². The second-order valence-electron chi connectivity index (χ2n) is 7.30. The molecule has 2 heterocycles. The Morgan fingerprint density at radius 1 is 1.03 bits per heavy atom. The Morgan fingerprint density at radius 2 is 1.80 bits per heavy atom. The summed E-state index contributed by atoms with van der Waals surface area (Å²) in [4.78, 5) is 29.5. The standard InChI is InChI=1S/C23H25N5O2/c1-2-15-27-20-11-7-6-10-19(20)24-23(27)25-21(29)12-13-22(30)28-16-14-18(26-28)17-8-4-3-5-9-17/h3-11H,2,12-16H2,1H3,(H,24,25,29). The van der Waals surface area contributed by atoms with Crippen molar-refractivity contribution in [2.75, 3.05) is 11.9 Å². The third-order valence-electron chi connectivity index (χ3n) is 5.12. The van der Waals surface area contributed by atoms with Crippen molar-refractivity contribution in [3.05, 3.63) is 60.2 Å². The van der Waals surface area contributed by atoms with Crippen LogP contribution in [0, 0.1) is 0 Å². The van der Waals surface area contributed by atoms with Gasteiger partial charge in [-0.2, -0.15) is 5.10 Å². The zero-order valence-corrected chi connectivity index (χ0v) is 17.0. The quantitative estimate of drug-likeness (QED) is 0.652. The number of hydrogen-bond donors (Lipinski definition) is 1. The number of benzene rings is 2. The van der Waals surface area contributed by atoms with Crippen LogP contribution < -0.4 is 5.32 Å². The maximum Gasteiger partial charge on any atom is 0.243 e. The maximum atomic E-state index is 12.5. The molecule has 0 fully saturated rings. The van der Waals surface area contributed by atoms with E-state index in [2.05, 4.69) is 22.3 Å². The molecule has 4 rings (SSSR count). The molecule has 0 saturated carbocycles. The molecule has 1 N–H and O–H groups in total. The van der Waals surface area contributed by atoms with Crippen LogP contribution in [0.3, 0.4) is 0 Å². The van der Waals surface area contributed by atoms with Crippen LogP contribution >= 0.6 is 0 Å². The van der Waals surface area contributed by atoms with Crippen molar-refractivity contribution in [1.82, 2.24) is 14.6 Å². The van der Waals surface area contributed by atoms with Crippen LogP contribution in [0.4, 0.5) is 5.95 Å². The summed E-state index contributed by atoms with van der Waals surface area (Å²) in [5.41, 5.74) is 3.77. The molecule has 3 aromatic rings. The lowest BCUT2D eigenvalue weighted by atomic mass is 10.1. The van der Waals surface area contributed by atoms with Crippen molar-refractivity contribution < 1.29 is 9.59 Å². The number of para-hydroxylation sites is 2. The lowest BCUT2D eigenvalue weighted by molar-refractivity contribution is -0.132. The molecular formula is C23H25N5O2. The Hall–Kier alpha value is -3.48. The SMILES string of the molecule is CCCn1c(NC(=O)CCC(=O)N2CCC(c3ccccc3)=N2)nc2ccccc21. The Labute approximate surface area is 175 Å². The van der Waals surface area contributed by atoms with E-state index in [0.717, 1.165) is 41.7 Å². The third kappa shape index (κ3) is 4.25. The van der Waals surface area contributed by atoms with Gasteiger partial charge in [0.15, 0.2) is 0 Å². The predicted octanol–water partition coefficient (Wildman–Crippen LogP) is 3.80. The van der Waals surface area contributed by atoms with E-state index < -0.39 is 0 Å². The normalized spacial score (nSPS) is 13.5. The first kappa shape index (κ1) is 19.8. The smallest absolute Gasteiger partial charge is 0.243 e. The van der Waals surface area contributed by atoms with E-state index in [1.54, 1.807) is 0 Å². The second kappa shape index (κ2) is 8.90. The minimum absolute atomic E-state index is 0.0981. The van der Waals surface area contributed by atoms with Gasteiger partial charge >= 0.3 is 0 Å². The number of rotatable bonds is 7. The van der Waals surface area contributed by atoms with Gasteiger partial charge in [-0.25, -0.2) is 9.99 Å². The summed E-state index contributed by atoms with van der Waals surface area (Å²) in [6, 6.07) is 17.7. The average Bonchev–Trinajstić information content (AvgIpc) is 3.39. The Kier molecular flexibility index (Phi) is 5.88. The molecule has 1 aliphatic heterocycles. The van der Waals surface area contributed by atoms with Crippen LogP contribution in [0.2, 0.25) is 0 Å². The highest BCUT2D eigenvalue weighted by molar-refractivity contribution is 6.02. The number of aryl methyl sites for hydroxylation is 1. The summed E-state index contributed by atoms with van der Waals surface area (Å²) in [5.74, 6) is 0.168. The number of carbonyl (C=O) groups excluding carboxylic acids is 2. The second-order valence-corrected chi connectivity index (χ2v) is 7.30. The summed E-state index contributed by atoms with van der Waals surface area (Å²) >= 11 is 0. The van der Waals surface area contributed by atoms with E-state index in [4.69, 9.17) is 0 Å². The van der Waals surface area contributed by atoms with Crippen LogP contribution in [0.1, 0.15) is 38.2 Å². The van der Waals surface area contributed by atoms with Crippen molar-refractivity contribution in [3.8, 4) is 0 Å². The highest BCUT2D eigenvalue weighted by Crippen LogP contribution is 2.20. The van der Waals surface area contributed by atoms with Crippen LogP contribution in [0.25, 0.3) is 11.0 Å². The fourth-order valence-corrected chi connectivity index (χ4v) is 3.63. The number of imidazole rings is 1. The number of hydrogen-bond acceptors (Lipinski definition) is 4. The van der Waals surface area contributed by atoms with Crippen LogP contribution in [0.5, 0.6) is 0 Å². The van der Waals surface area contributed by atoms with E-state index in [1.165, 1.54) is 5.01 Å². The van der Waals surface area contributed by atoms with Crippen molar-refractivity contribution in [2.45, 2.75) is 39.2 Å². The minimum Gasteiger partial charge on any atom is -0.310 e. The summed E-state index contributed by atoms with van der Waals surface area (Å²) < 4.78 is 2.01. The molecule has 1 aromatic heterocycles. The third-order valence-corrected chi connectivity index (χ3v) is 5.12. The number of carbonyl (C=O) groups is 2. The van der Waals surface area contributed by atoms with Gasteiger partial charge in [-0.05, 0) is 24.1 Å². The number of fused-ring (bicyclic) bond motifs is 1. The van der Waals surface area contributed by atoms with Gasteiger partial charge in [0.05, 0.1) is 23.3 Å².